The number of anilines is 1. The minimum Gasteiger partial charge on any atom is -0.494 e. The first-order valence-electron chi connectivity index (χ1n) is 8.51. The topological polar surface area (TPSA) is 64.6 Å². The summed E-state index contributed by atoms with van der Waals surface area (Å²) in [7, 11) is 0. The molecular formula is C21H23NO4. The third kappa shape index (κ3) is 6.09. The zero-order chi connectivity index (χ0) is 18.9. The lowest BCUT2D eigenvalue weighted by Gasteiger charge is -2.08. The summed E-state index contributed by atoms with van der Waals surface area (Å²) < 4.78 is 10.5. The molecule has 0 unspecified atom stereocenters. The van der Waals surface area contributed by atoms with E-state index in [2.05, 4.69) is 5.32 Å². The molecule has 136 valence electrons. The number of benzene rings is 2. The molecule has 0 atom stereocenters. The number of esters is 1. The smallest absolute Gasteiger partial charge is 0.338 e. The van der Waals surface area contributed by atoms with E-state index >= 15 is 0 Å². The normalized spacial score (nSPS) is 10.8. The number of ether oxygens (including phenoxy) is 2. The van der Waals surface area contributed by atoms with Crippen molar-refractivity contribution in [3.8, 4) is 5.75 Å². The molecule has 0 saturated carbocycles. The van der Waals surface area contributed by atoms with E-state index in [1.165, 1.54) is 6.08 Å². The molecule has 0 aliphatic rings. The van der Waals surface area contributed by atoms with Crippen LogP contribution in [0.15, 0.2) is 54.6 Å². The number of carbonyl (C=O) groups is 2. The molecule has 0 radical (unpaired) electrons. The lowest BCUT2D eigenvalue weighted by molar-refractivity contribution is -0.111. The van der Waals surface area contributed by atoms with Gasteiger partial charge < -0.3 is 14.8 Å². The van der Waals surface area contributed by atoms with Crippen LogP contribution in [0, 0.1) is 0 Å². The predicted molar refractivity (Wildman–Crippen MR) is 102 cm³/mol. The molecule has 5 nitrogen and oxygen atoms in total. The maximum absolute atomic E-state index is 12.0. The van der Waals surface area contributed by atoms with Gasteiger partial charge in [0, 0.05) is 11.8 Å². The molecule has 1 N–H and O–H groups in total. The molecule has 0 heterocycles. The van der Waals surface area contributed by atoms with Gasteiger partial charge in [0.1, 0.15) is 5.75 Å². The summed E-state index contributed by atoms with van der Waals surface area (Å²) in [5.74, 6) is 0.162. The molecule has 2 aromatic carbocycles. The fourth-order valence-electron chi connectivity index (χ4n) is 2.17. The monoisotopic (exact) mass is 353 g/mol. The van der Waals surface area contributed by atoms with Gasteiger partial charge in [0.15, 0.2) is 0 Å². The molecular weight excluding hydrogens is 330 g/mol. The summed E-state index contributed by atoms with van der Waals surface area (Å²) in [6.07, 6.45) is 3.00. The molecule has 0 saturated heterocycles. The maximum Gasteiger partial charge on any atom is 0.338 e. The van der Waals surface area contributed by atoms with Gasteiger partial charge in [-0.05, 0) is 68.8 Å². The highest BCUT2D eigenvalue weighted by Gasteiger charge is 2.09. The summed E-state index contributed by atoms with van der Waals surface area (Å²) >= 11 is 0. The molecule has 2 aromatic rings. The number of nitrogens with one attached hydrogen (secondary N) is 1. The van der Waals surface area contributed by atoms with E-state index < -0.39 is 0 Å². The molecule has 0 spiro atoms. The third-order valence-corrected chi connectivity index (χ3v) is 3.35. The van der Waals surface area contributed by atoms with Gasteiger partial charge in [-0.2, -0.15) is 0 Å². The Morgan fingerprint density at radius 1 is 1.04 bits per heavy atom. The van der Waals surface area contributed by atoms with Gasteiger partial charge >= 0.3 is 5.97 Å². The number of hydrogen-bond donors (Lipinski definition) is 1. The summed E-state index contributed by atoms with van der Waals surface area (Å²) in [5.41, 5.74) is 1.95. The number of hydrogen-bond acceptors (Lipinski definition) is 4. The van der Waals surface area contributed by atoms with Crippen molar-refractivity contribution in [1.29, 1.82) is 0 Å². The van der Waals surface area contributed by atoms with Gasteiger partial charge in [-0.15, -0.1) is 0 Å². The predicted octanol–water partition coefficient (Wildman–Crippen LogP) is 4.30. The molecule has 26 heavy (non-hydrogen) atoms. The van der Waals surface area contributed by atoms with Crippen LogP contribution < -0.4 is 10.1 Å². The van der Waals surface area contributed by atoms with Crippen LogP contribution in [0.3, 0.4) is 0 Å². The van der Waals surface area contributed by atoms with E-state index in [1.54, 1.807) is 44.2 Å². The van der Waals surface area contributed by atoms with Gasteiger partial charge in [0.05, 0.1) is 18.3 Å². The average molecular weight is 353 g/mol. The summed E-state index contributed by atoms with van der Waals surface area (Å²) in [6.45, 7) is 6.13. The molecule has 2 rings (SSSR count). The first kappa shape index (κ1) is 19.2. The highest BCUT2D eigenvalue weighted by atomic mass is 16.5. The van der Waals surface area contributed by atoms with Gasteiger partial charge in [0.25, 0.3) is 0 Å². The standard InChI is InChI=1S/C21H23NO4/c1-4-25-19-12-5-16(6-13-19)7-14-20(23)22-18-10-8-17(9-11-18)21(24)26-15(2)3/h5-15H,4H2,1-3H3,(H,22,23)/b14-7+. The quantitative estimate of drug-likeness (QED) is 0.595. The fraction of sp³-hybridized carbons (Fsp3) is 0.238. The first-order chi connectivity index (χ1) is 12.5. The zero-order valence-corrected chi connectivity index (χ0v) is 15.2. The van der Waals surface area contributed by atoms with Crippen molar-refractivity contribution >= 4 is 23.6 Å². The fourth-order valence-corrected chi connectivity index (χ4v) is 2.17. The molecule has 5 heteroatoms. The number of rotatable bonds is 7. The molecule has 0 aliphatic carbocycles. The van der Waals surface area contributed by atoms with Crippen LogP contribution in [-0.4, -0.2) is 24.6 Å². The van der Waals surface area contributed by atoms with Crippen LogP contribution in [0.2, 0.25) is 0 Å². The Bertz CT molecular complexity index is 762. The molecule has 0 bridgehead atoms. The summed E-state index contributed by atoms with van der Waals surface area (Å²) in [4.78, 5) is 23.8. The Morgan fingerprint density at radius 2 is 1.69 bits per heavy atom. The van der Waals surface area contributed by atoms with Crippen LogP contribution in [0.1, 0.15) is 36.7 Å². The van der Waals surface area contributed by atoms with Crippen molar-refractivity contribution in [1.82, 2.24) is 0 Å². The van der Waals surface area contributed by atoms with Crippen molar-refractivity contribution in [2.45, 2.75) is 26.9 Å². The maximum atomic E-state index is 12.0. The van der Waals surface area contributed by atoms with Gasteiger partial charge in [-0.1, -0.05) is 12.1 Å². The van der Waals surface area contributed by atoms with Crippen LogP contribution >= 0.6 is 0 Å². The second-order valence-electron chi connectivity index (χ2n) is 5.86. The van der Waals surface area contributed by atoms with E-state index in [-0.39, 0.29) is 18.0 Å². The van der Waals surface area contributed by atoms with Gasteiger partial charge in [-0.3, -0.25) is 4.79 Å². The Balaban J connectivity index is 1.91. The molecule has 1 amide bonds. The number of carbonyl (C=O) groups excluding carboxylic acids is 2. The zero-order valence-electron chi connectivity index (χ0n) is 15.2. The van der Waals surface area contributed by atoms with Crippen LogP contribution in [0.5, 0.6) is 5.75 Å². The lowest BCUT2D eigenvalue weighted by Crippen LogP contribution is -2.12. The van der Waals surface area contributed by atoms with E-state index in [4.69, 9.17) is 9.47 Å². The lowest BCUT2D eigenvalue weighted by atomic mass is 10.2. The van der Waals surface area contributed by atoms with Gasteiger partial charge in [0.2, 0.25) is 5.91 Å². The van der Waals surface area contributed by atoms with Gasteiger partial charge in [-0.25, -0.2) is 4.79 Å². The highest BCUT2D eigenvalue weighted by molar-refractivity contribution is 6.02. The minimum atomic E-state index is -0.381. The van der Waals surface area contributed by atoms with Crippen LogP contribution in [0.25, 0.3) is 6.08 Å². The molecule has 0 aromatic heterocycles. The minimum absolute atomic E-state index is 0.172. The van der Waals surface area contributed by atoms with Crippen LogP contribution in [-0.2, 0) is 9.53 Å². The second-order valence-corrected chi connectivity index (χ2v) is 5.86. The Hall–Kier alpha value is -3.08. The van der Waals surface area contributed by atoms with E-state index in [0.717, 1.165) is 11.3 Å². The Kier molecular flexibility index (Phi) is 6.97. The highest BCUT2D eigenvalue weighted by Crippen LogP contribution is 2.14. The third-order valence-electron chi connectivity index (χ3n) is 3.35. The second kappa shape index (κ2) is 9.42. The Morgan fingerprint density at radius 3 is 2.27 bits per heavy atom. The van der Waals surface area contributed by atoms with Crippen LogP contribution in [0.4, 0.5) is 5.69 Å². The van der Waals surface area contributed by atoms with E-state index in [9.17, 15) is 9.59 Å². The van der Waals surface area contributed by atoms with Crippen molar-refractivity contribution in [3.05, 3.63) is 65.7 Å². The first-order valence-corrected chi connectivity index (χ1v) is 8.51. The number of amides is 1. The van der Waals surface area contributed by atoms with Crippen molar-refractivity contribution < 1.29 is 19.1 Å². The van der Waals surface area contributed by atoms with Crippen molar-refractivity contribution in [2.24, 2.45) is 0 Å². The Labute approximate surface area is 153 Å². The summed E-state index contributed by atoms with van der Waals surface area (Å²) in [5, 5.41) is 2.75. The van der Waals surface area contributed by atoms with Crippen molar-refractivity contribution in [3.63, 3.8) is 0 Å². The largest absolute Gasteiger partial charge is 0.494 e. The van der Waals surface area contributed by atoms with E-state index in [0.29, 0.717) is 17.9 Å². The summed E-state index contributed by atoms with van der Waals surface area (Å²) in [6, 6.07) is 14.0. The molecule has 0 fully saturated rings. The average Bonchev–Trinajstić information content (AvgIpc) is 2.61. The molecule has 0 aliphatic heterocycles. The SMILES string of the molecule is CCOc1ccc(/C=C/C(=O)Nc2ccc(C(=O)OC(C)C)cc2)cc1. The van der Waals surface area contributed by atoms with Crippen molar-refractivity contribution in [2.75, 3.05) is 11.9 Å². The van der Waals surface area contributed by atoms with E-state index in [1.807, 2.05) is 31.2 Å².